The largest absolute Gasteiger partial charge is 0.381 e. The van der Waals surface area contributed by atoms with Crippen LogP contribution in [0.3, 0.4) is 0 Å². The van der Waals surface area contributed by atoms with Crippen LogP contribution in [0.1, 0.15) is 5.56 Å². The molecule has 0 fully saturated rings. The normalized spacial score (nSPS) is 10.3. The van der Waals surface area contributed by atoms with Crippen molar-refractivity contribution in [2.45, 2.75) is 6.54 Å². The van der Waals surface area contributed by atoms with Gasteiger partial charge in [-0.05, 0) is 48.0 Å². The molecule has 2 rings (SSSR count). The van der Waals surface area contributed by atoms with Crippen LogP contribution >= 0.6 is 27.5 Å². The average Bonchev–Trinajstić information content (AvgIpc) is 2.40. The predicted molar refractivity (Wildman–Crippen MR) is 87.2 cm³/mol. The summed E-state index contributed by atoms with van der Waals surface area (Å²) >= 11 is 9.53. The quantitative estimate of drug-likeness (QED) is 0.862. The molecule has 2 aromatic carbocycles. The molecule has 0 aliphatic carbocycles. The Kier molecular flexibility index (Phi) is 4.72. The average molecular weight is 340 g/mol. The highest BCUT2D eigenvalue weighted by Gasteiger charge is 2.01. The summed E-state index contributed by atoms with van der Waals surface area (Å²) in [5, 5.41) is 4.14. The van der Waals surface area contributed by atoms with E-state index in [4.69, 9.17) is 11.6 Å². The van der Waals surface area contributed by atoms with E-state index in [1.165, 1.54) is 5.69 Å². The van der Waals surface area contributed by atoms with Crippen LogP contribution < -0.4 is 10.2 Å². The third kappa shape index (κ3) is 3.88. The van der Waals surface area contributed by atoms with E-state index in [-0.39, 0.29) is 0 Å². The van der Waals surface area contributed by atoms with Crippen molar-refractivity contribution < 1.29 is 0 Å². The Bertz CT molecular complexity index is 553. The lowest BCUT2D eigenvalue weighted by Gasteiger charge is -2.13. The SMILES string of the molecule is CN(C)c1ccc(NCc2cc(Cl)ccc2Br)cc1. The first-order valence-corrected chi connectivity index (χ1v) is 7.18. The molecule has 0 saturated carbocycles. The Hall–Kier alpha value is -1.19. The smallest absolute Gasteiger partial charge is 0.0412 e. The summed E-state index contributed by atoms with van der Waals surface area (Å²) in [5.74, 6) is 0. The second-order valence-electron chi connectivity index (χ2n) is 4.53. The molecular formula is C15H16BrClN2. The fraction of sp³-hybridized carbons (Fsp3) is 0.200. The van der Waals surface area contributed by atoms with Gasteiger partial charge >= 0.3 is 0 Å². The van der Waals surface area contributed by atoms with E-state index in [0.29, 0.717) is 0 Å². The lowest BCUT2D eigenvalue weighted by atomic mass is 10.2. The zero-order valence-electron chi connectivity index (χ0n) is 11.0. The van der Waals surface area contributed by atoms with E-state index in [1.807, 2.05) is 32.3 Å². The number of hydrogen-bond acceptors (Lipinski definition) is 2. The molecule has 0 atom stereocenters. The molecule has 0 unspecified atom stereocenters. The first-order valence-electron chi connectivity index (χ1n) is 6.01. The molecule has 2 aromatic rings. The van der Waals surface area contributed by atoms with Gasteiger partial charge in [-0.2, -0.15) is 0 Å². The third-order valence-electron chi connectivity index (χ3n) is 2.87. The molecule has 0 aliphatic rings. The number of nitrogens with one attached hydrogen (secondary N) is 1. The maximum absolute atomic E-state index is 6.00. The molecule has 0 bridgehead atoms. The van der Waals surface area contributed by atoms with Crippen LogP contribution in [0, 0.1) is 0 Å². The summed E-state index contributed by atoms with van der Waals surface area (Å²) in [6.45, 7) is 0.739. The van der Waals surface area contributed by atoms with Crippen molar-refractivity contribution in [1.29, 1.82) is 0 Å². The van der Waals surface area contributed by atoms with Gasteiger partial charge in [-0.3, -0.25) is 0 Å². The van der Waals surface area contributed by atoms with Crippen LogP contribution in [-0.4, -0.2) is 14.1 Å². The van der Waals surface area contributed by atoms with Gasteiger partial charge in [0.15, 0.2) is 0 Å². The molecule has 0 aromatic heterocycles. The maximum atomic E-state index is 6.00. The maximum Gasteiger partial charge on any atom is 0.0412 e. The van der Waals surface area contributed by atoms with E-state index in [0.717, 1.165) is 27.3 Å². The Morgan fingerprint density at radius 3 is 2.42 bits per heavy atom. The van der Waals surface area contributed by atoms with Crippen molar-refractivity contribution in [3.8, 4) is 0 Å². The van der Waals surface area contributed by atoms with E-state index in [2.05, 4.69) is 50.4 Å². The highest BCUT2D eigenvalue weighted by atomic mass is 79.9. The number of benzene rings is 2. The zero-order valence-corrected chi connectivity index (χ0v) is 13.3. The number of halogens is 2. The van der Waals surface area contributed by atoms with Crippen molar-refractivity contribution in [1.82, 2.24) is 0 Å². The zero-order chi connectivity index (χ0) is 13.8. The summed E-state index contributed by atoms with van der Waals surface area (Å²) in [6, 6.07) is 14.1. The van der Waals surface area contributed by atoms with Crippen molar-refractivity contribution in [3.63, 3.8) is 0 Å². The van der Waals surface area contributed by atoms with E-state index in [9.17, 15) is 0 Å². The second kappa shape index (κ2) is 6.31. The van der Waals surface area contributed by atoms with Crippen LogP contribution in [0.25, 0.3) is 0 Å². The summed E-state index contributed by atoms with van der Waals surface area (Å²) < 4.78 is 1.06. The fourth-order valence-corrected chi connectivity index (χ4v) is 2.34. The van der Waals surface area contributed by atoms with Gasteiger partial charge in [-0.15, -0.1) is 0 Å². The predicted octanol–water partition coefficient (Wildman–Crippen LogP) is 4.78. The van der Waals surface area contributed by atoms with Crippen molar-refractivity contribution in [3.05, 3.63) is 57.5 Å². The van der Waals surface area contributed by atoms with Gasteiger partial charge in [0.1, 0.15) is 0 Å². The van der Waals surface area contributed by atoms with E-state index < -0.39 is 0 Å². The highest BCUT2D eigenvalue weighted by molar-refractivity contribution is 9.10. The minimum atomic E-state index is 0.739. The molecule has 0 saturated heterocycles. The number of anilines is 2. The van der Waals surface area contributed by atoms with Crippen molar-refractivity contribution in [2.24, 2.45) is 0 Å². The van der Waals surface area contributed by atoms with Crippen molar-refractivity contribution >= 4 is 38.9 Å². The molecule has 0 aliphatic heterocycles. The molecule has 100 valence electrons. The van der Waals surface area contributed by atoms with E-state index >= 15 is 0 Å². The summed E-state index contributed by atoms with van der Waals surface area (Å²) in [4.78, 5) is 2.08. The molecule has 19 heavy (non-hydrogen) atoms. The van der Waals surface area contributed by atoms with Gasteiger partial charge < -0.3 is 10.2 Å². The van der Waals surface area contributed by atoms with Crippen LogP contribution in [0.2, 0.25) is 5.02 Å². The molecule has 0 heterocycles. The van der Waals surface area contributed by atoms with Crippen LogP contribution in [0.5, 0.6) is 0 Å². The molecule has 1 N–H and O–H groups in total. The number of hydrogen-bond donors (Lipinski definition) is 1. The van der Waals surface area contributed by atoms with Crippen molar-refractivity contribution in [2.75, 3.05) is 24.3 Å². The number of rotatable bonds is 4. The Balaban J connectivity index is 2.04. The van der Waals surface area contributed by atoms with Gasteiger partial charge in [0, 0.05) is 41.5 Å². The minimum Gasteiger partial charge on any atom is -0.381 e. The molecule has 4 heteroatoms. The highest BCUT2D eigenvalue weighted by Crippen LogP contribution is 2.23. The lowest BCUT2D eigenvalue weighted by Crippen LogP contribution is -2.08. The van der Waals surface area contributed by atoms with Gasteiger partial charge in [-0.1, -0.05) is 27.5 Å². The second-order valence-corrected chi connectivity index (χ2v) is 5.82. The topological polar surface area (TPSA) is 15.3 Å². The molecule has 0 radical (unpaired) electrons. The fourth-order valence-electron chi connectivity index (χ4n) is 1.75. The Labute approximate surface area is 127 Å². The van der Waals surface area contributed by atoms with Crippen LogP contribution in [0.4, 0.5) is 11.4 Å². The standard InChI is InChI=1S/C15H16BrClN2/c1-19(2)14-6-4-13(5-7-14)18-10-11-9-12(17)3-8-15(11)16/h3-9,18H,10H2,1-2H3. The van der Waals surface area contributed by atoms with Crippen LogP contribution in [-0.2, 0) is 6.54 Å². The lowest BCUT2D eigenvalue weighted by molar-refractivity contribution is 1.12. The van der Waals surface area contributed by atoms with Gasteiger partial charge in [0.05, 0.1) is 0 Å². The van der Waals surface area contributed by atoms with Crippen LogP contribution in [0.15, 0.2) is 46.9 Å². The Morgan fingerprint density at radius 2 is 1.79 bits per heavy atom. The molecular weight excluding hydrogens is 324 g/mol. The molecule has 0 spiro atoms. The van der Waals surface area contributed by atoms with Gasteiger partial charge in [0.2, 0.25) is 0 Å². The minimum absolute atomic E-state index is 0.739. The van der Waals surface area contributed by atoms with Gasteiger partial charge in [0.25, 0.3) is 0 Å². The summed E-state index contributed by atoms with van der Waals surface area (Å²) in [7, 11) is 4.07. The third-order valence-corrected chi connectivity index (χ3v) is 3.88. The monoisotopic (exact) mass is 338 g/mol. The molecule has 0 amide bonds. The summed E-state index contributed by atoms with van der Waals surface area (Å²) in [6.07, 6.45) is 0. The van der Waals surface area contributed by atoms with E-state index in [1.54, 1.807) is 0 Å². The summed E-state index contributed by atoms with van der Waals surface area (Å²) in [5.41, 5.74) is 3.43. The number of nitrogens with zero attached hydrogens (tertiary/aromatic N) is 1. The first kappa shape index (κ1) is 14.2. The van der Waals surface area contributed by atoms with Gasteiger partial charge in [-0.25, -0.2) is 0 Å². The Morgan fingerprint density at radius 1 is 1.11 bits per heavy atom. The first-order chi connectivity index (χ1) is 9.06. The molecule has 2 nitrogen and oxygen atoms in total.